The van der Waals surface area contributed by atoms with Gasteiger partial charge >= 0.3 is 0 Å². The van der Waals surface area contributed by atoms with Gasteiger partial charge in [0, 0.05) is 0 Å². The van der Waals surface area contributed by atoms with Crippen molar-refractivity contribution in [1.29, 1.82) is 0 Å². The molecule has 0 radical (unpaired) electrons. The van der Waals surface area contributed by atoms with Gasteiger partial charge in [-0.3, -0.25) is 4.79 Å². The molecule has 4 fully saturated rings. The second-order valence-electron chi connectivity index (χ2n) is 12.9. The van der Waals surface area contributed by atoms with Crippen LogP contribution in [0.5, 0.6) is 0 Å². The van der Waals surface area contributed by atoms with E-state index in [1.54, 1.807) is 0 Å². The van der Waals surface area contributed by atoms with E-state index in [1.807, 2.05) is 6.08 Å². The monoisotopic (exact) mass is 412 g/mol. The maximum Gasteiger partial charge on any atom is 0.142 e. The Labute approximate surface area is 186 Å². The highest BCUT2D eigenvalue weighted by atomic mass is 16.1. The highest BCUT2D eigenvalue weighted by Crippen LogP contribution is 2.68. The van der Waals surface area contributed by atoms with Gasteiger partial charge in [-0.2, -0.15) is 0 Å². The Kier molecular flexibility index (Phi) is 6.59. The number of fused-ring (bicyclic) bond motifs is 5. The van der Waals surface area contributed by atoms with Gasteiger partial charge in [-0.25, -0.2) is 0 Å². The van der Waals surface area contributed by atoms with Crippen molar-refractivity contribution in [2.75, 3.05) is 0 Å². The fourth-order valence-electron chi connectivity index (χ4n) is 9.38. The zero-order valence-electron chi connectivity index (χ0n) is 20.6. The number of carbonyl (C=O) groups excluding carboxylic acids is 1. The Morgan fingerprint density at radius 3 is 2.43 bits per heavy atom. The molecule has 0 N–H and O–H groups in total. The van der Waals surface area contributed by atoms with E-state index in [0.29, 0.717) is 10.8 Å². The number of hydrogen-bond donors (Lipinski definition) is 0. The van der Waals surface area contributed by atoms with Gasteiger partial charge < -0.3 is 0 Å². The summed E-state index contributed by atoms with van der Waals surface area (Å²) in [6.45, 7) is 12.7. The summed E-state index contributed by atoms with van der Waals surface area (Å²) in [5, 5.41) is 0. The quantitative estimate of drug-likeness (QED) is 0.317. The average molecular weight is 413 g/mol. The first kappa shape index (κ1) is 22.6. The van der Waals surface area contributed by atoms with Crippen LogP contribution in [0.3, 0.4) is 0 Å². The molecule has 0 spiro atoms. The molecule has 1 heteroatoms. The molecule has 0 heterocycles. The van der Waals surface area contributed by atoms with Gasteiger partial charge in [-0.1, -0.05) is 59.5 Å². The number of hydrogen-bond acceptors (Lipinski definition) is 1. The van der Waals surface area contributed by atoms with Crippen molar-refractivity contribution in [1.82, 2.24) is 0 Å². The number of carbonyl (C=O) groups is 1. The van der Waals surface area contributed by atoms with Crippen LogP contribution in [0.4, 0.5) is 0 Å². The third-order valence-corrected chi connectivity index (χ3v) is 11.1. The predicted molar refractivity (Wildman–Crippen MR) is 127 cm³/mol. The molecule has 30 heavy (non-hydrogen) atoms. The Morgan fingerprint density at radius 2 is 1.70 bits per heavy atom. The summed E-state index contributed by atoms with van der Waals surface area (Å²) in [5.74, 6) is 6.47. The smallest absolute Gasteiger partial charge is 0.142 e. The SMILES string of the molecule is CC(C)CCCC(C)C1CCC2C3CCC4C/C(=C\C=O)CCC4(C)C3CCC12C. The lowest BCUT2D eigenvalue weighted by Crippen LogP contribution is -2.53. The summed E-state index contributed by atoms with van der Waals surface area (Å²) < 4.78 is 0. The minimum Gasteiger partial charge on any atom is -0.299 e. The first-order valence-corrected chi connectivity index (χ1v) is 13.4. The molecule has 0 bridgehead atoms. The van der Waals surface area contributed by atoms with Crippen LogP contribution in [0.1, 0.15) is 112 Å². The first-order chi connectivity index (χ1) is 14.3. The molecule has 0 aromatic carbocycles. The highest BCUT2D eigenvalue weighted by molar-refractivity contribution is 5.66. The molecule has 4 aliphatic carbocycles. The van der Waals surface area contributed by atoms with Crippen LogP contribution in [0.25, 0.3) is 0 Å². The topological polar surface area (TPSA) is 17.1 Å². The largest absolute Gasteiger partial charge is 0.299 e. The lowest BCUT2D eigenvalue weighted by Gasteiger charge is -2.61. The van der Waals surface area contributed by atoms with Crippen LogP contribution in [0.2, 0.25) is 0 Å². The summed E-state index contributed by atoms with van der Waals surface area (Å²) in [6, 6.07) is 0. The number of allylic oxidation sites excluding steroid dienone is 2. The van der Waals surface area contributed by atoms with Crippen LogP contribution in [-0.2, 0) is 4.79 Å². The lowest BCUT2D eigenvalue weighted by atomic mass is 9.44. The Morgan fingerprint density at radius 1 is 0.933 bits per heavy atom. The third kappa shape index (κ3) is 3.86. The Bertz CT molecular complexity index is 647. The first-order valence-electron chi connectivity index (χ1n) is 13.4. The van der Waals surface area contributed by atoms with E-state index in [2.05, 4.69) is 34.6 Å². The van der Waals surface area contributed by atoms with Gasteiger partial charge in [0.05, 0.1) is 0 Å². The molecule has 0 aromatic rings. The van der Waals surface area contributed by atoms with E-state index >= 15 is 0 Å². The van der Waals surface area contributed by atoms with Crippen molar-refractivity contribution in [3.63, 3.8) is 0 Å². The molecule has 170 valence electrons. The third-order valence-electron chi connectivity index (χ3n) is 11.1. The maximum atomic E-state index is 11.0. The fraction of sp³-hybridized carbons (Fsp3) is 0.897. The summed E-state index contributed by atoms with van der Waals surface area (Å²) >= 11 is 0. The highest BCUT2D eigenvalue weighted by Gasteiger charge is 2.60. The van der Waals surface area contributed by atoms with Crippen molar-refractivity contribution in [3.05, 3.63) is 11.6 Å². The molecular weight excluding hydrogens is 364 g/mol. The van der Waals surface area contributed by atoms with Crippen LogP contribution in [0, 0.1) is 52.3 Å². The maximum absolute atomic E-state index is 11.0. The average Bonchev–Trinajstić information content (AvgIpc) is 3.05. The molecule has 4 aliphatic rings. The van der Waals surface area contributed by atoms with Crippen molar-refractivity contribution in [2.24, 2.45) is 52.3 Å². The van der Waals surface area contributed by atoms with Gasteiger partial charge in [0.2, 0.25) is 0 Å². The standard InChI is InChI=1S/C29H48O/c1-20(2)7-6-8-21(3)25-11-12-26-24-10-9-23-19-22(15-18-30)13-16-28(23,4)27(24)14-17-29(25,26)5/h15,18,20-21,23-27H,6-14,16-17,19H2,1-5H3/b22-15-. The van der Waals surface area contributed by atoms with Crippen LogP contribution in [-0.4, -0.2) is 6.29 Å². The van der Waals surface area contributed by atoms with Gasteiger partial charge in [0.25, 0.3) is 0 Å². The minimum absolute atomic E-state index is 0.533. The van der Waals surface area contributed by atoms with Crippen molar-refractivity contribution in [3.8, 4) is 0 Å². The molecule has 0 saturated heterocycles. The van der Waals surface area contributed by atoms with Crippen molar-refractivity contribution < 1.29 is 4.79 Å². The van der Waals surface area contributed by atoms with Gasteiger partial charge in [-0.15, -0.1) is 0 Å². The molecule has 8 unspecified atom stereocenters. The molecule has 0 amide bonds. The van der Waals surface area contributed by atoms with E-state index in [1.165, 1.54) is 82.6 Å². The minimum atomic E-state index is 0.533. The molecular formula is C29H48O. The molecule has 0 aliphatic heterocycles. The van der Waals surface area contributed by atoms with E-state index in [0.717, 1.165) is 47.7 Å². The Balaban J connectivity index is 1.46. The van der Waals surface area contributed by atoms with Gasteiger partial charge in [0.1, 0.15) is 6.29 Å². The lowest BCUT2D eigenvalue weighted by molar-refractivity contribution is -0.109. The van der Waals surface area contributed by atoms with E-state index in [4.69, 9.17) is 0 Å². The van der Waals surface area contributed by atoms with Crippen LogP contribution >= 0.6 is 0 Å². The second-order valence-corrected chi connectivity index (χ2v) is 12.9. The normalized spacial score (nSPS) is 45.7. The summed E-state index contributed by atoms with van der Waals surface area (Å²) in [5.41, 5.74) is 2.58. The molecule has 0 aromatic heterocycles. The zero-order valence-corrected chi connectivity index (χ0v) is 20.6. The van der Waals surface area contributed by atoms with E-state index < -0.39 is 0 Å². The van der Waals surface area contributed by atoms with Crippen LogP contribution in [0.15, 0.2) is 11.6 Å². The van der Waals surface area contributed by atoms with Crippen molar-refractivity contribution >= 4 is 6.29 Å². The number of aldehydes is 1. The molecule has 8 atom stereocenters. The number of rotatable bonds is 6. The molecule has 1 nitrogen and oxygen atoms in total. The second kappa shape index (κ2) is 8.74. The van der Waals surface area contributed by atoms with E-state index in [-0.39, 0.29) is 0 Å². The summed E-state index contributed by atoms with van der Waals surface area (Å²) in [7, 11) is 0. The van der Waals surface area contributed by atoms with Gasteiger partial charge in [0.15, 0.2) is 0 Å². The fourth-order valence-corrected chi connectivity index (χ4v) is 9.38. The molecule has 4 rings (SSSR count). The predicted octanol–water partition coefficient (Wildman–Crippen LogP) is 8.23. The summed E-state index contributed by atoms with van der Waals surface area (Å²) in [6.07, 6.45) is 19.7. The van der Waals surface area contributed by atoms with Gasteiger partial charge in [-0.05, 0) is 116 Å². The van der Waals surface area contributed by atoms with Crippen LogP contribution < -0.4 is 0 Å². The Hall–Kier alpha value is -0.590. The summed E-state index contributed by atoms with van der Waals surface area (Å²) in [4.78, 5) is 11.0. The van der Waals surface area contributed by atoms with E-state index in [9.17, 15) is 4.79 Å². The zero-order chi connectivity index (χ0) is 21.5. The van der Waals surface area contributed by atoms with Crippen molar-refractivity contribution in [2.45, 2.75) is 112 Å². The molecule has 4 saturated carbocycles.